The summed E-state index contributed by atoms with van der Waals surface area (Å²) >= 11 is 1.49. The van der Waals surface area contributed by atoms with Gasteiger partial charge in [-0.05, 0) is 19.1 Å². The average Bonchev–Trinajstić information content (AvgIpc) is 2.67. The number of nitrogens with one attached hydrogen (secondary N) is 1. The molecule has 1 aliphatic rings. The minimum atomic E-state index is -0.853. The Hall–Kier alpha value is -1.69. The number of aryl methyl sites for hydroxylation is 1. The first-order chi connectivity index (χ1) is 7.08. The van der Waals surface area contributed by atoms with Gasteiger partial charge < -0.3 is 0 Å². The van der Waals surface area contributed by atoms with Crippen LogP contribution in [0.15, 0.2) is 12.1 Å². The molecule has 15 heavy (non-hydrogen) atoms. The first-order valence-electron chi connectivity index (χ1n) is 4.30. The standard InChI is InChI=1S/C9H8N2O3S/c1-5-2-3-6(15-5)4-11-8(13)7(12)10-9(11)14/h2-3H,4H2,1H3,(H,10,12,14). The van der Waals surface area contributed by atoms with E-state index in [4.69, 9.17) is 0 Å². The quantitative estimate of drug-likeness (QED) is 0.592. The van der Waals surface area contributed by atoms with E-state index in [2.05, 4.69) is 0 Å². The van der Waals surface area contributed by atoms with Crippen molar-refractivity contribution in [3.05, 3.63) is 21.9 Å². The lowest BCUT2D eigenvalue weighted by Crippen LogP contribution is -2.29. The Kier molecular flexibility index (Phi) is 2.28. The maximum Gasteiger partial charge on any atom is 0.331 e. The minimum Gasteiger partial charge on any atom is -0.269 e. The van der Waals surface area contributed by atoms with Crippen LogP contribution in [-0.2, 0) is 16.1 Å². The molecular weight excluding hydrogens is 216 g/mol. The number of nitrogens with zero attached hydrogens (tertiary/aromatic N) is 1. The Labute approximate surface area is 89.7 Å². The highest BCUT2D eigenvalue weighted by Crippen LogP contribution is 2.18. The van der Waals surface area contributed by atoms with Gasteiger partial charge in [-0.1, -0.05) is 0 Å². The van der Waals surface area contributed by atoms with Crippen molar-refractivity contribution in [2.24, 2.45) is 0 Å². The summed E-state index contributed by atoms with van der Waals surface area (Å²) in [6, 6.07) is 3.10. The van der Waals surface area contributed by atoms with Crippen molar-refractivity contribution in [2.75, 3.05) is 0 Å². The second-order valence-corrected chi connectivity index (χ2v) is 4.54. The molecule has 0 aromatic carbocycles. The topological polar surface area (TPSA) is 66.5 Å². The summed E-state index contributed by atoms with van der Waals surface area (Å²) in [4.78, 5) is 36.2. The largest absolute Gasteiger partial charge is 0.331 e. The first kappa shape index (κ1) is 9.85. The van der Waals surface area contributed by atoms with Gasteiger partial charge in [0, 0.05) is 9.75 Å². The average molecular weight is 224 g/mol. The van der Waals surface area contributed by atoms with Crippen LogP contribution in [0.3, 0.4) is 0 Å². The zero-order valence-corrected chi connectivity index (χ0v) is 8.76. The predicted octanol–water partition coefficient (Wildman–Crippen LogP) is 0.635. The Morgan fingerprint density at radius 3 is 2.53 bits per heavy atom. The number of amides is 4. The van der Waals surface area contributed by atoms with Gasteiger partial charge in [-0.2, -0.15) is 0 Å². The zero-order chi connectivity index (χ0) is 11.0. The van der Waals surface area contributed by atoms with Crippen LogP contribution in [0.1, 0.15) is 9.75 Å². The van der Waals surface area contributed by atoms with E-state index in [1.54, 1.807) is 0 Å². The van der Waals surface area contributed by atoms with Gasteiger partial charge in [-0.25, -0.2) is 4.79 Å². The maximum absolute atomic E-state index is 11.2. The highest BCUT2D eigenvalue weighted by Gasteiger charge is 2.36. The van der Waals surface area contributed by atoms with Crippen molar-refractivity contribution in [3.63, 3.8) is 0 Å². The number of imide groups is 2. The molecule has 1 saturated heterocycles. The summed E-state index contributed by atoms with van der Waals surface area (Å²) < 4.78 is 0. The predicted molar refractivity (Wildman–Crippen MR) is 53.1 cm³/mol. The summed E-state index contributed by atoms with van der Waals surface area (Å²) in [6.07, 6.45) is 0. The molecule has 1 aliphatic heterocycles. The molecule has 0 bridgehead atoms. The normalized spacial score (nSPS) is 16.1. The second-order valence-electron chi connectivity index (χ2n) is 3.16. The van der Waals surface area contributed by atoms with Crippen molar-refractivity contribution in [3.8, 4) is 0 Å². The fraction of sp³-hybridized carbons (Fsp3) is 0.222. The summed E-state index contributed by atoms with van der Waals surface area (Å²) in [7, 11) is 0. The SMILES string of the molecule is Cc1ccc(CN2C(=O)NC(=O)C2=O)s1. The van der Waals surface area contributed by atoms with E-state index in [1.165, 1.54) is 11.3 Å². The molecule has 1 aromatic rings. The van der Waals surface area contributed by atoms with E-state index in [1.807, 2.05) is 24.4 Å². The van der Waals surface area contributed by atoms with Crippen LogP contribution >= 0.6 is 11.3 Å². The van der Waals surface area contributed by atoms with Crippen LogP contribution in [0.25, 0.3) is 0 Å². The minimum absolute atomic E-state index is 0.162. The van der Waals surface area contributed by atoms with E-state index in [0.29, 0.717) is 0 Å². The Balaban J connectivity index is 2.16. The number of hydrogen-bond acceptors (Lipinski definition) is 4. The molecule has 1 fully saturated rings. The number of thiophene rings is 1. The van der Waals surface area contributed by atoms with E-state index >= 15 is 0 Å². The van der Waals surface area contributed by atoms with Gasteiger partial charge in [0.25, 0.3) is 0 Å². The summed E-state index contributed by atoms with van der Waals surface area (Å²) in [6.45, 7) is 2.10. The lowest BCUT2D eigenvalue weighted by atomic mass is 10.4. The van der Waals surface area contributed by atoms with Gasteiger partial charge in [0.05, 0.1) is 6.54 Å². The van der Waals surface area contributed by atoms with Crippen molar-refractivity contribution >= 4 is 29.2 Å². The second kappa shape index (κ2) is 3.47. The van der Waals surface area contributed by atoms with Crippen LogP contribution < -0.4 is 5.32 Å². The molecule has 1 aromatic heterocycles. The van der Waals surface area contributed by atoms with Crippen molar-refractivity contribution in [1.29, 1.82) is 0 Å². The fourth-order valence-electron chi connectivity index (χ4n) is 1.30. The highest BCUT2D eigenvalue weighted by molar-refractivity contribution is 7.11. The van der Waals surface area contributed by atoms with Gasteiger partial charge >= 0.3 is 17.8 Å². The molecule has 0 spiro atoms. The molecule has 4 amide bonds. The molecule has 2 rings (SSSR count). The van der Waals surface area contributed by atoms with E-state index in [-0.39, 0.29) is 6.54 Å². The van der Waals surface area contributed by atoms with Gasteiger partial charge in [-0.3, -0.25) is 19.8 Å². The summed E-state index contributed by atoms with van der Waals surface area (Å²) in [5.74, 6) is -1.64. The Bertz CT molecular complexity index is 452. The van der Waals surface area contributed by atoms with E-state index < -0.39 is 17.8 Å². The molecule has 78 valence electrons. The van der Waals surface area contributed by atoms with Crippen molar-refractivity contribution in [2.45, 2.75) is 13.5 Å². The van der Waals surface area contributed by atoms with Gasteiger partial charge in [0.1, 0.15) is 0 Å². The van der Waals surface area contributed by atoms with Crippen molar-refractivity contribution < 1.29 is 14.4 Å². The third-order valence-corrected chi connectivity index (χ3v) is 3.00. The third kappa shape index (κ3) is 1.75. The maximum atomic E-state index is 11.2. The molecule has 0 saturated carbocycles. The number of urea groups is 1. The molecule has 1 N–H and O–H groups in total. The number of carbonyl (C=O) groups excluding carboxylic acids is 3. The molecule has 0 unspecified atom stereocenters. The number of rotatable bonds is 2. The van der Waals surface area contributed by atoms with Gasteiger partial charge in [-0.15, -0.1) is 11.3 Å². The van der Waals surface area contributed by atoms with Crippen LogP contribution in [-0.4, -0.2) is 22.7 Å². The molecule has 0 radical (unpaired) electrons. The summed E-state index contributed by atoms with van der Waals surface area (Å²) in [5, 5.41) is 1.95. The van der Waals surface area contributed by atoms with Crippen LogP contribution in [0, 0.1) is 6.92 Å². The van der Waals surface area contributed by atoms with E-state index in [9.17, 15) is 14.4 Å². The van der Waals surface area contributed by atoms with Gasteiger partial charge in [0.15, 0.2) is 0 Å². The third-order valence-electron chi connectivity index (χ3n) is 2.01. The smallest absolute Gasteiger partial charge is 0.269 e. The van der Waals surface area contributed by atoms with Crippen LogP contribution in [0.4, 0.5) is 4.79 Å². The molecule has 0 aliphatic carbocycles. The molecule has 5 nitrogen and oxygen atoms in total. The van der Waals surface area contributed by atoms with Crippen LogP contribution in [0.2, 0.25) is 0 Å². The molecule has 2 heterocycles. The number of carbonyl (C=O) groups is 3. The molecule has 6 heteroatoms. The highest BCUT2D eigenvalue weighted by atomic mass is 32.1. The molecular formula is C9H8N2O3S. The van der Waals surface area contributed by atoms with Crippen molar-refractivity contribution in [1.82, 2.24) is 10.2 Å². The Morgan fingerprint density at radius 2 is 2.07 bits per heavy atom. The zero-order valence-electron chi connectivity index (χ0n) is 7.94. The Morgan fingerprint density at radius 1 is 1.33 bits per heavy atom. The fourth-order valence-corrected chi connectivity index (χ4v) is 2.18. The lowest BCUT2D eigenvalue weighted by Gasteiger charge is -2.08. The lowest BCUT2D eigenvalue weighted by molar-refractivity contribution is -0.140. The van der Waals surface area contributed by atoms with E-state index in [0.717, 1.165) is 14.7 Å². The molecule has 0 atom stereocenters. The van der Waals surface area contributed by atoms with Crippen LogP contribution in [0.5, 0.6) is 0 Å². The monoisotopic (exact) mass is 224 g/mol. The number of hydrogen-bond donors (Lipinski definition) is 1. The summed E-state index contributed by atoms with van der Waals surface area (Å²) in [5.41, 5.74) is 0. The van der Waals surface area contributed by atoms with Gasteiger partial charge in [0.2, 0.25) is 0 Å². The first-order valence-corrected chi connectivity index (χ1v) is 5.11.